The fourth-order valence-electron chi connectivity index (χ4n) is 7.53. The normalized spacial score (nSPS) is 16.4. The van der Waals surface area contributed by atoms with E-state index in [9.17, 15) is 24.0 Å². The van der Waals surface area contributed by atoms with Crippen LogP contribution in [0.4, 0.5) is 10.7 Å². The van der Waals surface area contributed by atoms with Crippen molar-refractivity contribution in [3.63, 3.8) is 0 Å². The van der Waals surface area contributed by atoms with Crippen LogP contribution in [-0.2, 0) is 51.3 Å². The lowest BCUT2D eigenvalue weighted by Gasteiger charge is -2.36. The van der Waals surface area contributed by atoms with Crippen molar-refractivity contribution in [3.8, 4) is 0 Å². The Morgan fingerprint density at radius 2 is 1.41 bits per heavy atom. The van der Waals surface area contributed by atoms with Crippen molar-refractivity contribution >= 4 is 51.7 Å². The molecule has 0 saturated heterocycles. The molecule has 10 nitrogen and oxygen atoms in total. The second-order valence-electron chi connectivity index (χ2n) is 14.1. The number of hydrogen-bond donors (Lipinski definition) is 2. The Morgan fingerprint density at radius 3 is 2.06 bits per heavy atom. The van der Waals surface area contributed by atoms with Crippen LogP contribution in [0, 0.1) is 5.92 Å². The summed E-state index contributed by atoms with van der Waals surface area (Å²) in [4.78, 5) is 67.1. The fourth-order valence-corrected chi connectivity index (χ4v) is 8.81. The van der Waals surface area contributed by atoms with E-state index in [2.05, 4.69) is 10.6 Å². The number of nitrogens with one attached hydrogen (secondary N) is 2. The maximum absolute atomic E-state index is 13.9. The highest BCUT2D eigenvalue weighted by Gasteiger charge is 2.31. The number of carbonyl (C=O) groups excluding carboxylic acids is 5. The van der Waals surface area contributed by atoms with Gasteiger partial charge in [-0.3, -0.25) is 19.2 Å². The molecule has 54 heavy (non-hydrogen) atoms. The summed E-state index contributed by atoms with van der Waals surface area (Å²) in [6, 6.07) is 22.5. The second kappa shape index (κ2) is 17.7. The molecular formula is C43H47N3O7S. The number of amides is 3. The maximum Gasteiger partial charge on any atom is 0.337 e. The molecule has 2 aliphatic carbocycles. The van der Waals surface area contributed by atoms with Crippen molar-refractivity contribution < 1.29 is 33.4 Å². The predicted octanol–water partition coefficient (Wildman–Crippen LogP) is 7.78. The third-order valence-corrected chi connectivity index (χ3v) is 11.7. The number of fused-ring (bicyclic) bond motifs is 1. The van der Waals surface area contributed by atoms with Gasteiger partial charge in [-0.25, -0.2) is 4.79 Å². The summed E-state index contributed by atoms with van der Waals surface area (Å²) in [5.41, 5.74) is 6.20. The van der Waals surface area contributed by atoms with Crippen LogP contribution in [0.3, 0.4) is 0 Å². The van der Waals surface area contributed by atoms with Crippen LogP contribution >= 0.6 is 11.3 Å². The minimum Gasteiger partial charge on any atom is -0.469 e. The van der Waals surface area contributed by atoms with Gasteiger partial charge in [-0.05, 0) is 123 Å². The number of esters is 2. The van der Waals surface area contributed by atoms with E-state index in [0.717, 1.165) is 65.7 Å². The summed E-state index contributed by atoms with van der Waals surface area (Å²) in [7, 11) is 2.77. The number of carbonyl (C=O) groups is 5. The lowest BCUT2D eigenvalue weighted by Crippen LogP contribution is -2.41. The van der Waals surface area contributed by atoms with Gasteiger partial charge in [0.1, 0.15) is 5.00 Å². The molecule has 0 spiro atoms. The van der Waals surface area contributed by atoms with E-state index < -0.39 is 0 Å². The van der Waals surface area contributed by atoms with Gasteiger partial charge in [-0.15, -0.1) is 11.3 Å². The van der Waals surface area contributed by atoms with Gasteiger partial charge >= 0.3 is 11.9 Å². The van der Waals surface area contributed by atoms with Crippen molar-refractivity contribution in [2.75, 3.05) is 24.9 Å². The van der Waals surface area contributed by atoms with Gasteiger partial charge in [0, 0.05) is 35.6 Å². The molecule has 1 aromatic heterocycles. The zero-order valence-electron chi connectivity index (χ0n) is 31.1. The van der Waals surface area contributed by atoms with Gasteiger partial charge < -0.3 is 25.0 Å². The molecule has 0 unspecified atom stereocenters. The first kappa shape index (κ1) is 38.4. The Balaban J connectivity index is 1.11. The molecule has 0 radical (unpaired) electrons. The van der Waals surface area contributed by atoms with E-state index >= 15 is 0 Å². The number of rotatable bonds is 12. The molecule has 0 bridgehead atoms. The largest absolute Gasteiger partial charge is 0.469 e. The van der Waals surface area contributed by atoms with Crippen LogP contribution in [0.5, 0.6) is 0 Å². The van der Waals surface area contributed by atoms with Crippen LogP contribution in [0.2, 0.25) is 0 Å². The molecule has 11 heteroatoms. The SMILES string of the molecule is COC(=O)c1ccc(CCc2ccc(NC(=O)c3c(NC(=O)c4cccc(CN(C(C)=O)[C@H]5CC[C@H](C(=O)OC)CC5)c4)sc4c3CCCC4)cc2)cc1. The Bertz CT molecular complexity index is 2000. The standard InChI is InChI=1S/C43H47N3O7S/c1-27(47)46(35-23-19-32(20-24-35)43(51)53-3)26-30-7-6-8-33(25-30)39(48)45-41-38(36-9-4-5-10-37(36)54-41)40(49)44-34-21-15-29(16-22-34)12-11-28-13-17-31(18-14-28)42(50)52-2/h6-8,13-18,21-22,25,32,35H,4-5,9-12,19-20,23-24,26H2,1-3H3,(H,44,49)(H,45,48)/t32-,35-. The topological polar surface area (TPSA) is 131 Å². The number of nitrogens with zero attached hydrogens (tertiary/aromatic N) is 1. The van der Waals surface area contributed by atoms with Gasteiger partial charge in [0.2, 0.25) is 5.91 Å². The zero-order chi connectivity index (χ0) is 38.2. The summed E-state index contributed by atoms with van der Waals surface area (Å²) < 4.78 is 9.70. The second-order valence-corrected chi connectivity index (χ2v) is 15.2. The highest BCUT2D eigenvalue weighted by Crippen LogP contribution is 2.39. The van der Waals surface area contributed by atoms with Crippen LogP contribution in [0.15, 0.2) is 72.8 Å². The Hall–Kier alpha value is -5.29. The van der Waals surface area contributed by atoms with Crippen molar-refractivity contribution in [2.45, 2.75) is 83.7 Å². The molecule has 0 atom stereocenters. The minimum absolute atomic E-state index is 0.00844. The summed E-state index contributed by atoms with van der Waals surface area (Å²) in [5, 5.41) is 6.67. The van der Waals surface area contributed by atoms with Crippen LogP contribution in [0.25, 0.3) is 0 Å². The van der Waals surface area contributed by atoms with E-state index in [1.54, 1.807) is 31.2 Å². The van der Waals surface area contributed by atoms with Crippen molar-refractivity contribution in [3.05, 3.63) is 117 Å². The Morgan fingerprint density at radius 1 is 0.741 bits per heavy atom. The highest BCUT2D eigenvalue weighted by molar-refractivity contribution is 7.17. The lowest BCUT2D eigenvalue weighted by molar-refractivity contribution is -0.147. The van der Waals surface area contributed by atoms with Crippen molar-refractivity contribution in [2.24, 2.45) is 5.92 Å². The van der Waals surface area contributed by atoms with E-state index in [1.165, 1.54) is 25.6 Å². The Kier molecular flexibility index (Phi) is 12.6. The predicted molar refractivity (Wildman–Crippen MR) is 209 cm³/mol. The summed E-state index contributed by atoms with van der Waals surface area (Å²) in [6.45, 7) is 1.91. The zero-order valence-corrected chi connectivity index (χ0v) is 31.9. The van der Waals surface area contributed by atoms with Crippen LogP contribution in [0.1, 0.15) is 104 Å². The van der Waals surface area contributed by atoms with E-state index in [-0.39, 0.29) is 41.6 Å². The first-order chi connectivity index (χ1) is 26.1. The lowest BCUT2D eigenvalue weighted by atomic mass is 9.85. The molecule has 2 N–H and O–H groups in total. The number of methoxy groups -OCH3 is 2. The number of anilines is 2. The van der Waals surface area contributed by atoms with Gasteiger partial charge in [0.05, 0.1) is 31.3 Å². The van der Waals surface area contributed by atoms with Crippen LogP contribution in [-0.4, -0.2) is 54.8 Å². The third-order valence-electron chi connectivity index (χ3n) is 10.5. The van der Waals surface area contributed by atoms with E-state index in [4.69, 9.17) is 9.47 Å². The average molecular weight is 750 g/mol. The van der Waals surface area contributed by atoms with Crippen molar-refractivity contribution in [1.29, 1.82) is 0 Å². The quantitative estimate of drug-likeness (QED) is 0.142. The molecule has 1 heterocycles. The molecule has 2 aliphatic rings. The summed E-state index contributed by atoms with van der Waals surface area (Å²) in [6.07, 6.45) is 8.05. The van der Waals surface area contributed by atoms with Gasteiger partial charge in [0.15, 0.2) is 0 Å². The van der Waals surface area contributed by atoms with E-state index in [0.29, 0.717) is 59.6 Å². The number of hydrogen-bond acceptors (Lipinski definition) is 8. The minimum atomic E-state index is -0.357. The number of benzene rings is 3. The van der Waals surface area contributed by atoms with Gasteiger partial charge in [0.25, 0.3) is 11.8 Å². The molecule has 3 amide bonds. The van der Waals surface area contributed by atoms with Gasteiger partial charge in [-0.1, -0.05) is 36.4 Å². The number of aryl methyl sites for hydroxylation is 3. The first-order valence-corrected chi connectivity index (χ1v) is 19.4. The van der Waals surface area contributed by atoms with Crippen LogP contribution < -0.4 is 10.6 Å². The third kappa shape index (κ3) is 9.25. The van der Waals surface area contributed by atoms with Crippen molar-refractivity contribution in [1.82, 2.24) is 4.90 Å². The number of ether oxygens (including phenoxy) is 2. The molecule has 6 rings (SSSR count). The summed E-state index contributed by atoms with van der Waals surface area (Å²) >= 11 is 1.47. The molecule has 1 fully saturated rings. The molecule has 4 aromatic rings. The molecule has 0 aliphatic heterocycles. The summed E-state index contributed by atoms with van der Waals surface area (Å²) in [5.74, 6) is -1.31. The number of thiophene rings is 1. The molecular weight excluding hydrogens is 703 g/mol. The first-order valence-electron chi connectivity index (χ1n) is 18.6. The van der Waals surface area contributed by atoms with E-state index in [1.807, 2.05) is 53.4 Å². The van der Waals surface area contributed by atoms with Gasteiger partial charge in [-0.2, -0.15) is 0 Å². The fraction of sp³-hybridized carbons (Fsp3) is 0.372. The highest BCUT2D eigenvalue weighted by atomic mass is 32.1. The Labute approximate surface area is 320 Å². The maximum atomic E-state index is 13.9. The molecule has 1 saturated carbocycles. The monoisotopic (exact) mass is 749 g/mol. The molecule has 3 aromatic carbocycles. The average Bonchev–Trinajstić information content (AvgIpc) is 3.57. The molecule has 282 valence electrons. The smallest absolute Gasteiger partial charge is 0.337 e.